The van der Waals surface area contributed by atoms with Gasteiger partial charge in [-0.15, -0.1) is 0 Å². The number of rotatable bonds is 6. The summed E-state index contributed by atoms with van der Waals surface area (Å²) in [6.07, 6.45) is 6.11. The third-order valence-corrected chi connectivity index (χ3v) is 5.89. The van der Waals surface area contributed by atoms with Crippen molar-refractivity contribution in [2.45, 2.75) is 57.5 Å². The van der Waals surface area contributed by atoms with Gasteiger partial charge in [0.15, 0.2) is 0 Å². The number of allylic oxidation sites excluding steroid dienone is 1. The Hall–Kier alpha value is -2.64. The van der Waals surface area contributed by atoms with Gasteiger partial charge in [-0.2, -0.15) is 5.10 Å². The number of β-amino-alcohol motifs (C(OH)–C–C–N with tert-alkyl or cyclic N) is 1. The fourth-order valence-corrected chi connectivity index (χ4v) is 3.67. The van der Waals surface area contributed by atoms with E-state index in [-0.39, 0.29) is 11.6 Å². The highest BCUT2D eigenvalue weighted by Crippen LogP contribution is 2.40. The molecular formula is C22H28N4O3. The minimum Gasteiger partial charge on any atom is -0.488 e. The van der Waals surface area contributed by atoms with Crippen molar-refractivity contribution in [3.63, 3.8) is 0 Å². The minimum atomic E-state index is -0.780. The zero-order valence-corrected chi connectivity index (χ0v) is 17.1. The number of hydrogen-bond donors (Lipinski definition) is 3. The van der Waals surface area contributed by atoms with Gasteiger partial charge in [0.2, 0.25) is 0 Å². The largest absolute Gasteiger partial charge is 0.488 e. The summed E-state index contributed by atoms with van der Waals surface area (Å²) in [5.41, 5.74) is 3.62. The average molecular weight is 396 g/mol. The number of nitrogens with zero attached hydrogens (tertiary/aromatic N) is 3. The second-order valence-corrected chi connectivity index (χ2v) is 8.32. The summed E-state index contributed by atoms with van der Waals surface area (Å²) in [6.45, 7) is 10.3. The standard InChI is InChI=1S/C22H28N4O3/c1-13(29-22(4)8-9-22)5-6-17-14(2)20(25-24-17)16-7-10-23-19(11-16)26-12-18(27)21(28)15(26)3/h5-7,10-11,15,18,21,27-28H,1,8-9,12H2,2-4H3,(H,24,25). The molecule has 4 rings (SSSR count). The van der Waals surface area contributed by atoms with Crippen LogP contribution in [0.25, 0.3) is 17.3 Å². The van der Waals surface area contributed by atoms with Gasteiger partial charge in [-0.05, 0) is 57.9 Å². The summed E-state index contributed by atoms with van der Waals surface area (Å²) in [6, 6.07) is 3.64. The van der Waals surface area contributed by atoms with Crippen molar-refractivity contribution in [3.8, 4) is 11.3 Å². The van der Waals surface area contributed by atoms with Crippen LogP contribution in [0.1, 0.15) is 37.9 Å². The van der Waals surface area contributed by atoms with Crippen LogP contribution in [-0.4, -0.2) is 55.8 Å². The molecule has 29 heavy (non-hydrogen) atoms. The molecular weight excluding hydrogens is 368 g/mol. The van der Waals surface area contributed by atoms with Crippen LogP contribution in [0.2, 0.25) is 0 Å². The molecule has 7 heteroatoms. The monoisotopic (exact) mass is 396 g/mol. The Balaban J connectivity index is 1.53. The number of aliphatic hydroxyl groups excluding tert-OH is 2. The number of H-pyrrole nitrogens is 1. The van der Waals surface area contributed by atoms with E-state index < -0.39 is 12.2 Å². The maximum atomic E-state index is 10.0. The lowest BCUT2D eigenvalue weighted by Crippen LogP contribution is -2.33. The van der Waals surface area contributed by atoms with Crippen LogP contribution in [-0.2, 0) is 4.74 Å². The number of aliphatic hydroxyl groups is 2. The van der Waals surface area contributed by atoms with E-state index in [9.17, 15) is 10.2 Å². The van der Waals surface area contributed by atoms with Crippen LogP contribution in [0.15, 0.2) is 36.7 Å². The number of aromatic nitrogens is 3. The Morgan fingerprint density at radius 3 is 2.83 bits per heavy atom. The highest BCUT2D eigenvalue weighted by molar-refractivity contribution is 5.70. The van der Waals surface area contributed by atoms with E-state index in [0.717, 1.165) is 35.4 Å². The van der Waals surface area contributed by atoms with Crippen molar-refractivity contribution >= 4 is 11.9 Å². The molecule has 1 saturated carbocycles. The summed E-state index contributed by atoms with van der Waals surface area (Å²) in [7, 11) is 0. The minimum absolute atomic E-state index is 0.0447. The van der Waals surface area contributed by atoms with E-state index in [1.165, 1.54) is 0 Å². The summed E-state index contributed by atoms with van der Waals surface area (Å²) >= 11 is 0. The lowest BCUT2D eigenvalue weighted by atomic mass is 10.1. The van der Waals surface area contributed by atoms with Crippen molar-refractivity contribution in [2.24, 2.45) is 0 Å². The molecule has 0 aromatic carbocycles. The summed E-state index contributed by atoms with van der Waals surface area (Å²) in [5.74, 6) is 1.36. The van der Waals surface area contributed by atoms with E-state index in [2.05, 4.69) is 28.7 Å². The van der Waals surface area contributed by atoms with Crippen molar-refractivity contribution in [1.82, 2.24) is 15.2 Å². The van der Waals surface area contributed by atoms with E-state index in [4.69, 9.17) is 4.74 Å². The first-order chi connectivity index (χ1) is 13.8. The van der Waals surface area contributed by atoms with Gasteiger partial charge in [-0.3, -0.25) is 5.10 Å². The molecule has 0 radical (unpaired) electrons. The number of nitrogens with one attached hydrogen (secondary N) is 1. The molecule has 2 aliphatic rings. The highest BCUT2D eigenvalue weighted by atomic mass is 16.5. The third-order valence-electron chi connectivity index (χ3n) is 5.89. The Kier molecular flexibility index (Phi) is 4.96. The summed E-state index contributed by atoms with van der Waals surface area (Å²) < 4.78 is 5.83. The van der Waals surface area contributed by atoms with E-state index >= 15 is 0 Å². The van der Waals surface area contributed by atoms with E-state index in [1.54, 1.807) is 6.20 Å². The number of pyridine rings is 1. The molecule has 1 aliphatic carbocycles. The van der Waals surface area contributed by atoms with Gasteiger partial charge in [0.05, 0.1) is 23.5 Å². The predicted octanol–water partition coefficient (Wildman–Crippen LogP) is 2.81. The van der Waals surface area contributed by atoms with Gasteiger partial charge < -0.3 is 19.8 Å². The zero-order valence-electron chi connectivity index (χ0n) is 17.1. The number of hydrogen-bond acceptors (Lipinski definition) is 6. The lowest BCUT2D eigenvalue weighted by molar-refractivity contribution is 0.0438. The fraction of sp³-hybridized carbons (Fsp3) is 0.455. The molecule has 154 valence electrons. The molecule has 3 unspecified atom stereocenters. The summed E-state index contributed by atoms with van der Waals surface area (Å²) in [4.78, 5) is 6.34. The second-order valence-electron chi connectivity index (χ2n) is 8.32. The zero-order chi connectivity index (χ0) is 20.8. The van der Waals surface area contributed by atoms with Gasteiger partial charge in [0, 0.05) is 23.9 Å². The van der Waals surface area contributed by atoms with Crippen LogP contribution >= 0.6 is 0 Å². The van der Waals surface area contributed by atoms with Gasteiger partial charge >= 0.3 is 0 Å². The fourth-order valence-electron chi connectivity index (χ4n) is 3.67. The van der Waals surface area contributed by atoms with Crippen LogP contribution < -0.4 is 4.90 Å². The van der Waals surface area contributed by atoms with Crippen molar-refractivity contribution in [1.29, 1.82) is 0 Å². The smallest absolute Gasteiger partial charge is 0.129 e. The molecule has 0 bridgehead atoms. The number of ether oxygens (including phenoxy) is 1. The molecule has 1 aliphatic heterocycles. The van der Waals surface area contributed by atoms with Crippen molar-refractivity contribution < 1.29 is 14.9 Å². The quantitative estimate of drug-likeness (QED) is 0.513. The Morgan fingerprint density at radius 2 is 2.17 bits per heavy atom. The van der Waals surface area contributed by atoms with Crippen LogP contribution in [0, 0.1) is 6.92 Å². The first kappa shape index (κ1) is 19.7. The van der Waals surface area contributed by atoms with Crippen LogP contribution in [0.3, 0.4) is 0 Å². The molecule has 2 fully saturated rings. The Labute approximate surface area is 170 Å². The normalized spacial score (nSPS) is 25.6. The Morgan fingerprint density at radius 1 is 1.41 bits per heavy atom. The molecule has 1 saturated heterocycles. The molecule has 7 nitrogen and oxygen atoms in total. The van der Waals surface area contributed by atoms with Gasteiger partial charge in [0.1, 0.15) is 23.3 Å². The SMILES string of the molecule is C=C(C=Cc1[nH]nc(-c2ccnc(N3CC(O)C(O)C3C)c2)c1C)OC1(C)CC1. The van der Waals surface area contributed by atoms with Gasteiger partial charge in [-0.1, -0.05) is 6.58 Å². The maximum absolute atomic E-state index is 10.0. The number of aromatic amines is 1. The highest BCUT2D eigenvalue weighted by Gasteiger charge is 2.40. The van der Waals surface area contributed by atoms with Crippen molar-refractivity contribution in [2.75, 3.05) is 11.4 Å². The van der Waals surface area contributed by atoms with Gasteiger partial charge in [0.25, 0.3) is 0 Å². The first-order valence-corrected chi connectivity index (χ1v) is 9.97. The molecule has 2 aromatic rings. The lowest BCUT2D eigenvalue weighted by Gasteiger charge is -2.23. The summed E-state index contributed by atoms with van der Waals surface area (Å²) in [5, 5.41) is 27.5. The Bertz CT molecular complexity index is 947. The average Bonchev–Trinajstić information content (AvgIpc) is 3.21. The van der Waals surface area contributed by atoms with Gasteiger partial charge in [-0.25, -0.2) is 4.98 Å². The molecule has 3 atom stereocenters. The molecule has 3 heterocycles. The third kappa shape index (κ3) is 3.93. The molecule has 0 spiro atoms. The van der Waals surface area contributed by atoms with E-state index in [0.29, 0.717) is 18.1 Å². The molecule has 3 N–H and O–H groups in total. The predicted molar refractivity (Wildman–Crippen MR) is 112 cm³/mol. The van der Waals surface area contributed by atoms with Crippen LogP contribution in [0.4, 0.5) is 5.82 Å². The first-order valence-electron chi connectivity index (χ1n) is 9.97. The van der Waals surface area contributed by atoms with E-state index in [1.807, 2.05) is 43.0 Å². The topological polar surface area (TPSA) is 94.5 Å². The number of anilines is 1. The van der Waals surface area contributed by atoms with Crippen molar-refractivity contribution in [3.05, 3.63) is 48.0 Å². The van der Waals surface area contributed by atoms with Crippen LogP contribution in [0.5, 0.6) is 0 Å². The maximum Gasteiger partial charge on any atom is 0.129 e. The second kappa shape index (κ2) is 7.31. The molecule has 0 amide bonds. The molecule has 2 aromatic heterocycles.